The summed E-state index contributed by atoms with van der Waals surface area (Å²) in [5.41, 5.74) is -0.533. The minimum atomic E-state index is -3.96. The second-order valence-corrected chi connectivity index (χ2v) is 18.4. The lowest BCUT2D eigenvalue weighted by atomic mass is 10.1. The maximum atomic E-state index is 14.2. The Kier molecular flexibility index (Phi) is 9.85. The van der Waals surface area contributed by atoms with Crippen LogP contribution in [0.3, 0.4) is 0 Å². The number of ether oxygens (including phenoxy) is 2. The predicted octanol–water partition coefficient (Wildman–Crippen LogP) is 5.03. The van der Waals surface area contributed by atoms with E-state index in [1.807, 2.05) is 17.5 Å². The number of fused-ring (bicyclic) bond motifs is 3. The van der Waals surface area contributed by atoms with Crippen LogP contribution in [-0.4, -0.2) is 101 Å². The molecule has 7 rings (SSSR count). The second kappa shape index (κ2) is 14.0. The molecular formula is C36H44ClN7O7S2. The van der Waals surface area contributed by atoms with Gasteiger partial charge in [0.2, 0.25) is 21.8 Å². The highest BCUT2D eigenvalue weighted by molar-refractivity contribution is 7.91. The molecule has 2 aliphatic heterocycles. The first-order valence-corrected chi connectivity index (χ1v) is 20.6. The van der Waals surface area contributed by atoms with Crippen LogP contribution < -0.4 is 19.5 Å². The number of amides is 4. The largest absolute Gasteiger partial charge is 0.495 e. The molecule has 53 heavy (non-hydrogen) atoms. The fraction of sp³-hybridized carbons (Fsp3) is 0.556. The van der Waals surface area contributed by atoms with Crippen molar-refractivity contribution in [2.24, 2.45) is 5.92 Å². The van der Waals surface area contributed by atoms with Crippen molar-refractivity contribution in [2.75, 3.05) is 27.2 Å². The molecule has 0 unspecified atom stereocenters. The van der Waals surface area contributed by atoms with E-state index in [1.165, 1.54) is 23.3 Å². The summed E-state index contributed by atoms with van der Waals surface area (Å²) in [5, 5.41) is 6.44. The number of halogens is 1. The quantitative estimate of drug-likeness (QED) is 0.295. The average molecular weight is 786 g/mol. The van der Waals surface area contributed by atoms with Crippen molar-refractivity contribution in [3.05, 3.63) is 39.7 Å². The lowest BCUT2D eigenvalue weighted by molar-refractivity contribution is -0.134. The smallest absolute Gasteiger partial charge is 0.319 e. The van der Waals surface area contributed by atoms with E-state index < -0.39 is 50.3 Å². The van der Waals surface area contributed by atoms with Crippen LogP contribution in [0.25, 0.3) is 22.4 Å². The number of carbonyl (C=O) groups excluding carboxylic acids is 3. The van der Waals surface area contributed by atoms with Crippen LogP contribution in [0, 0.1) is 5.92 Å². The highest BCUT2D eigenvalue weighted by Gasteiger charge is 2.63. The zero-order chi connectivity index (χ0) is 37.9. The van der Waals surface area contributed by atoms with Crippen molar-refractivity contribution >= 4 is 61.7 Å². The van der Waals surface area contributed by atoms with E-state index in [1.54, 1.807) is 31.0 Å². The third kappa shape index (κ3) is 7.05. The van der Waals surface area contributed by atoms with Gasteiger partial charge in [0, 0.05) is 37.2 Å². The minimum absolute atomic E-state index is 0.0103. The number of carbonyl (C=O) groups is 3. The highest BCUT2D eigenvalue weighted by Crippen LogP contribution is 2.47. The molecule has 284 valence electrons. The summed E-state index contributed by atoms with van der Waals surface area (Å²) < 4.78 is 39.4. The van der Waals surface area contributed by atoms with Crippen molar-refractivity contribution < 1.29 is 32.3 Å². The Labute approximate surface area is 317 Å². The molecule has 4 amide bonds. The number of thiazole rings is 1. The Morgan fingerprint density at radius 1 is 1.17 bits per heavy atom. The number of aromatic nitrogens is 3. The van der Waals surface area contributed by atoms with Crippen molar-refractivity contribution in [1.29, 1.82) is 0 Å². The standard InChI is InChI=1S/C36H44ClN7O7S2/c1-20(2)31-38-24(19-52-31)29-39-28-23(11-12-26(50-5)27(28)37)30(40-29)51-22-16-25-32(45)43(4)15-9-7-6-8-10-21-17-36(21,41-34(47)44(25)18-22)33(46)42-53(48,49)35(3)13-14-35/h8,10-12,19-22,25H,6-7,9,13-18H2,1-5H3,(H,41,47)(H,42,46)/b10-8-/t21-,22+,25+,36-/m1/s1. The summed E-state index contributed by atoms with van der Waals surface area (Å²) in [7, 11) is -0.733. The normalized spacial score (nSPS) is 26.4. The van der Waals surface area contributed by atoms with Gasteiger partial charge in [-0.25, -0.2) is 23.2 Å². The monoisotopic (exact) mass is 785 g/mol. The topological polar surface area (TPSA) is 173 Å². The van der Waals surface area contributed by atoms with E-state index in [9.17, 15) is 22.8 Å². The molecule has 2 saturated carbocycles. The number of hydrogen-bond donors (Lipinski definition) is 2. The van der Waals surface area contributed by atoms with Crippen molar-refractivity contribution in [3.63, 3.8) is 0 Å². The van der Waals surface area contributed by atoms with Crippen LogP contribution in [0.2, 0.25) is 5.02 Å². The molecule has 1 aromatic carbocycles. The van der Waals surface area contributed by atoms with Gasteiger partial charge in [-0.1, -0.05) is 37.6 Å². The van der Waals surface area contributed by atoms with Crippen LogP contribution in [0.1, 0.15) is 76.6 Å². The van der Waals surface area contributed by atoms with Crippen LogP contribution in [-0.2, 0) is 19.6 Å². The van der Waals surface area contributed by atoms with Gasteiger partial charge in [-0.3, -0.25) is 14.3 Å². The minimum Gasteiger partial charge on any atom is -0.495 e. The summed E-state index contributed by atoms with van der Waals surface area (Å²) in [6, 6.07) is 1.86. The number of benzene rings is 1. The van der Waals surface area contributed by atoms with Gasteiger partial charge in [-0.05, 0) is 57.6 Å². The molecule has 17 heteroatoms. The lowest BCUT2D eigenvalue weighted by Crippen LogP contribution is -2.58. The van der Waals surface area contributed by atoms with Crippen molar-refractivity contribution in [2.45, 2.75) is 94.1 Å². The Morgan fingerprint density at radius 3 is 2.64 bits per heavy atom. The van der Waals surface area contributed by atoms with Gasteiger partial charge in [-0.2, -0.15) is 4.98 Å². The molecule has 3 aromatic rings. The van der Waals surface area contributed by atoms with Gasteiger partial charge >= 0.3 is 6.03 Å². The number of urea groups is 1. The number of nitrogens with one attached hydrogen (secondary N) is 2. The molecule has 14 nitrogen and oxygen atoms in total. The van der Waals surface area contributed by atoms with Crippen LogP contribution >= 0.6 is 22.9 Å². The molecule has 4 aliphatic rings. The first-order chi connectivity index (χ1) is 25.2. The van der Waals surface area contributed by atoms with Gasteiger partial charge in [0.15, 0.2) is 5.82 Å². The maximum absolute atomic E-state index is 14.2. The molecule has 0 spiro atoms. The summed E-state index contributed by atoms with van der Waals surface area (Å²) >= 11 is 8.26. The molecule has 0 bridgehead atoms. The first-order valence-electron chi connectivity index (χ1n) is 17.9. The fourth-order valence-corrected chi connectivity index (χ4v) is 9.30. The zero-order valence-electron chi connectivity index (χ0n) is 30.3. The molecule has 4 atom stereocenters. The SMILES string of the molecule is COc1ccc2c(O[C@H]3C[C@H]4C(=O)N(C)CCCC/C=C\[C@@H]5C[C@@]5(C(=O)NS(=O)(=O)C5(C)CC5)NC(=O)N4C3)nc(-c3csc(C(C)C)n3)nc2c1Cl. The summed E-state index contributed by atoms with van der Waals surface area (Å²) in [5.74, 6) is -0.324. The number of nitrogens with zero attached hydrogens (tertiary/aromatic N) is 5. The van der Waals surface area contributed by atoms with Gasteiger partial charge in [-0.15, -0.1) is 11.3 Å². The first kappa shape index (κ1) is 37.3. The average Bonchev–Trinajstić information content (AvgIpc) is 3.89. The Hall–Kier alpha value is -4.02. The number of allylic oxidation sites excluding steroid dienone is 1. The summed E-state index contributed by atoms with van der Waals surface area (Å²) in [6.45, 7) is 6.19. The third-order valence-electron chi connectivity index (χ3n) is 10.7. The zero-order valence-corrected chi connectivity index (χ0v) is 32.7. The summed E-state index contributed by atoms with van der Waals surface area (Å²) in [4.78, 5) is 59.2. The van der Waals surface area contributed by atoms with E-state index in [0.29, 0.717) is 47.6 Å². The number of likely N-dealkylation sites (N-methyl/N-ethyl adjacent to an activating group) is 1. The van der Waals surface area contributed by atoms with Gasteiger partial charge in [0.05, 0.1) is 28.8 Å². The number of methoxy groups -OCH3 is 1. The van der Waals surface area contributed by atoms with Crippen LogP contribution in [0.4, 0.5) is 4.79 Å². The van der Waals surface area contributed by atoms with E-state index >= 15 is 0 Å². The number of hydrogen-bond acceptors (Lipinski definition) is 11. The predicted molar refractivity (Wildman–Crippen MR) is 201 cm³/mol. The number of sulfonamides is 1. The van der Waals surface area contributed by atoms with E-state index in [2.05, 4.69) is 23.9 Å². The highest BCUT2D eigenvalue weighted by atomic mass is 35.5. The molecule has 3 fully saturated rings. The molecular weight excluding hydrogens is 742 g/mol. The van der Waals surface area contributed by atoms with Crippen LogP contribution in [0.15, 0.2) is 29.7 Å². The Morgan fingerprint density at radius 2 is 1.94 bits per heavy atom. The molecule has 2 aliphatic carbocycles. The molecule has 4 heterocycles. The van der Waals surface area contributed by atoms with Crippen molar-refractivity contribution in [3.8, 4) is 23.1 Å². The lowest BCUT2D eigenvalue weighted by Gasteiger charge is -2.30. The summed E-state index contributed by atoms with van der Waals surface area (Å²) in [6.07, 6.45) is 6.70. The fourth-order valence-electron chi connectivity index (χ4n) is 6.89. The van der Waals surface area contributed by atoms with E-state index in [0.717, 1.165) is 24.3 Å². The third-order valence-corrected chi connectivity index (χ3v) is 14.4. The van der Waals surface area contributed by atoms with Gasteiger partial charge in [0.1, 0.15) is 39.7 Å². The van der Waals surface area contributed by atoms with Gasteiger partial charge in [0.25, 0.3) is 5.91 Å². The Balaban J connectivity index is 1.21. The second-order valence-electron chi connectivity index (χ2n) is 15.0. The number of rotatable bonds is 8. The molecule has 1 saturated heterocycles. The van der Waals surface area contributed by atoms with Gasteiger partial charge < -0.3 is 24.6 Å². The van der Waals surface area contributed by atoms with E-state index in [-0.39, 0.29) is 42.1 Å². The maximum Gasteiger partial charge on any atom is 0.319 e. The molecule has 0 radical (unpaired) electrons. The van der Waals surface area contributed by atoms with Crippen LogP contribution in [0.5, 0.6) is 11.6 Å². The molecule has 2 aromatic heterocycles. The molecule has 2 N–H and O–H groups in total. The van der Waals surface area contributed by atoms with Crippen molar-refractivity contribution in [1.82, 2.24) is 34.8 Å². The Bertz CT molecular complexity index is 2100. The van der Waals surface area contributed by atoms with E-state index in [4.69, 9.17) is 36.0 Å².